The minimum absolute atomic E-state index is 0.181. The maximum atomic E-state index is 11.0. The molecule has 0 fully saturated rings. The van der Waals surface area contributed by atoms with Crippen LogP contribution in [0.15, 0.2) is 39.5 Å². The van der Waals surface area contributed by atoms with Crippen molar-refractivity contribution >= 4 is 12.2 Å². The normalized spacial score (nSPS) is 10.9. The molecule has 2 rings (SSSR count). The molecule has 1 aromatic carbocycles. The van der Waals surface area contributed by atoms with Crippen LogP contribution in [0.1, 0.15) is 11.3 Å². The van der Waals surface area contributed by atoms with Crippen LogP contribution >= 0.6 is 0 Å². The first-order valence-electron chi connectivity index (χ1n) is 5.09. The molecule has 0 aliphatic rings. The summed E-state index contributed by atoms with van der Waals surface area (Å²) in [5.74, 6) is -0.447. The van der Waals surface area contributed by atoms with Gasteiger partial charge in [-0.25, -0.2) is 4.79 Å². The first-order chi connectivity index (χ1) is 8.54. The number of phenolic OH excluding ortho intramolecular Hbond substituents is 2. The lowest BCUT2D eigenvalue weighted by atomic mass is 10.2. The summed E-state index contributed by atoms with van der Waals surface area (Å²) in [6, 6.07) is 6.52. The van der Waals surface area contributed by atoms with Crippen LogP contribution in [0, 0.1) is 0 Å². The molecule has 0 aliphatic carbocycles. The smallest absolute Gasteiger partial charge is 0.339 e. The topological polar surface area (TPSA) is 90.9 Å². The van der Waals surface area contributed by atoms with Crippen LogP contribution in [0.3, 0.4) is 0 Å². The highest BCUT2D eigenvalue weighted by Gasteiger charge is 1.99. The van der Waals surface area contributed by atoms with E-state index in [0.29, 0.717) is 5.56 Å². The fraction of sp³-hybridized carbons (Fsp3) is 0. The highest BCUT2D eigenvalue weighted by molar-refractivity contribution is 5.69. The summed E-state index contributed by atoms with van der Waals surface area (Å²) in [7, 11) is 0. The number of benzene rings is 1. The molecule has 0 saturated heterocycles. The van der Waals surface area contributed by atoms with Crippen molar-refractivity contribution in [3.63, 3.8) is 0 Å². The van der Waals surface area contributed by atoms with Crippen molar-refractivity contribution in [3.05, 3.63) is 52.1 Å². The van der Waals surface area contributed by atoms with E-state index in [1.54, 1.807) is 12.1 Å². The quantitative estimate of drug-likeness (QED) is 0.704. The summed E-state index contributed by atoms with van der Waals surface area (Å²) in [4.78, 5) is 11.0. The maximum Gasteiger partial charge on any atom is 0.339 e. The molecule has 18 heavy (non-hydrogen) atoms. The predicted molar refractivity (Wildman–Crippen MR) is 65.3 cm³/mol. The second-order valence-corrected chi connectivity index (χ2v) is 3.62. The average molecular weight is 246 g/mol. The Labute approximate surface area is 102 Å². The van der Waals surface area contributed by atoms with E-state index in [9.17, 15) is 15.0 Å². The molecule has 0 bridgehead atoms. The van der Waals surface area contributed by atoms with Gasteiger partial charge in [0.25, 0.3) is 0 Å². The Hall–Kier alpha value is -2.69. The molecule has 2 aromatic rings. The third-order valence-electron chi connectivity index (χ3n) is 2.21. The molecule has 0 amide bonds. The van der Waals surface area contributed by atoms with Gasteiger partial charge in [0, 0.05) is 6.07 Å². The Morgan fingerprint density at radius 1 is 0.944 bits per heavy atom. The largest absolute Gasteiger partial charge is 0.508 e. The van der Waals surface area contributed by atoms with Gasteiger partial charge in [0.05, 0.1) is 6.07 Å². The molecule has 0 unspecified atom stereocenters. The molecule has 0 atom stereocenters. The molecular formula is C13H10O5. The molecule has 1 aromatic heterocycles. The van der Waals surface area contributed by atoms with Gasteiger partial charge in [0.1, 0.15) is 11.5 Å². The second kappa shape index (κ2) is 4.67. The Kier molecular flexibility index (Phi) is 3.05. The van der Waals surface area contributed by atoms with Gasteiger partial charge in [-0.3, -0.25) is 0 Å². The Morgan fingerprint density at radius 2 is 1.72 bits per heavy atom. The number of phenols is 2. The minimum atomic E-state index is -0.650. The lowest BCUT2D eigenvalue weighted by molar-refractivity contribution is 0.403. The van der Waals surface area contributed by atoms with Gasteiger partial charge in [0.15, 0.2) is 11.5 Å². The van der Waals surface area contributed by atoms with Gasteiger partial charge in [-0.15, -0.1) is 0 Å². The van der Waals surface area contributed by atoms with Crippen LogP contribution in [0.5, 0.6) is 17.2 Å². The molecule has 3 N–H and O–H groups in total. The molecule has 92 valence electrons. The van der Waals surface area contributed by atoms with Crippen LogP contribution in [0.2, 0.25) is 0 Å². The van der Waals surface area contributed by atoms with Gasteiger partial charge < -0.3 is 19.7 Å². The monoisotopic (exact) mass is 246 g/mol. The summed E-state index contributed by atoms with van der Waals surface area (Å²) in [6.45, 7) is 0. The molecule has 0 aliphatic heterocycles. The molecule has 5 heteroatoms. The molecular weight excluding hydrogens is 236 g/mol. The first kappa shape index (κ1) is 11.8. The van der Waals surface area contributed by atoms with Crippen LogP contribution < -0.4 is 5.63 Å². The van der Waals surface area contributed by atoms with Gasteiger partial charge in [0.2, 0.25) is 0 Å². The van der Waals surface area contributed by atoms with Crippen molar-refractivity contribution in [2.24, 2.45) is 0 Å². The molecule has 0 spiro atoms. The molecule has 0 saturated carbocycles. The number of aromatic hydroxyl groups is 3. The summed E-state index contributed by atoms with van der Waals surface area (Å²) < 4.78 is 4.82. The summed E-state index contributed by atoms with van der Waals surface area (Å²) in [5, 5.41) is 27.6. The summed E-state index contributed by atoms with van der Waals surface area (Å²) >= 11 is 0. The van der Waals surface area contributed by atoms with Crippen molar-refractivity contribution in [3.8, 4) is 17.2 Å². The van der Waals surface area contributed by atoms with E-state index in [1.807, 2.05) is 0 Å². The van der Waals surface area contributed by atoms with Crippen molar-refractivity contribution < 1.29 is 19.7 Å². The van der Waals surface area contributed by atoms with Gasteiger partial charge in [-0.1, -0.05) is 12.1 Å². The SMILES string of the molecule is O=c1cc(O)cc(/C=C\c2ccc(O)c(O)c2)o1. The van der Waals surface area contributed by atoms with E-state index in [-0.39, 0.29) is 23.0 Å². The summed E-state index contributed by atoms with van der Waals surface area (Å²) in [6.07, 6.45) is 3.03. The van der Waals surface area contributed by atoms with E-state index in [2.05, 4.69) is 0 Å². The van der Waals surface area contributed by atoms with Crippen molar-refractivity contribution in [1.82, 2.24) is 0 Å². The first-order valence-corrected chi connectivity index (χ1v) is 5.09. The molecule has 1 heterocycles. The van der Waals surface area contributed by atoms with Crippen LogP contribution in [0.25, 0.3) is 12.2 Å². The Balaban J connectivity index is 2.29. The van der Waals surface area contributed by atoms with Gasteiger partial charge >= 0.3 is 5.63 Å². The minimum Gasteiger partial charge on any atom is -0.508 e. The van der Waals surface area contributed by atoms with Crippen LogP contribution in [0.4, 0.5) is 0 Å². The van der Waals surface area contributed by atoms with E-state index in [0.717, 1.165) is 6.07 Å². The van der Waals surface area contributed by atoms with E-state index in [4.69, 9.17) is 9.52 Å². The van der Waals surface area contributed by atoms with Crippen molar-refractivity contribution in [1.29, 1.82) is 0 Å². The number of hydrogen-bond donors (Lipinski definition) is 3. The fourth-order valence-electron chi connectivity index (χ4n) is 1.39. The number of hydrogen-bond acceptors (Lipinski definition) is 5. The average Bonchev–Trinajstić information content (AvgIpc) is 2.29. The highest BCUT2D eigenvalue weighted by atomic mass is 16.4. The maximum absolute atomic E-state index is 11.0. The zero-order valence-corrected chi connectivity index (χ0v) is 9.20. The highest BCUT2D eigenvalue weighted by Crippen LogP contribution is 2.25. The zero-order valence-electron chi connectivity index (χ0n) is 9.20. The Morgan fingerprint density at radius 3 is 2.39 bits per heavy atom. The van der Waals surface area contributed by atoms with Crippen LogP contribution in [-0.4, -0.2) is 15.3 Å². The van der Waals surface area contributed by atoms with Gasteiger partial charge in [-0.2, -0.15) is 0 Å². The zero-order chi connectivity index (χ0) is 13.1. The van der Waals surface area contributed by atoms with Crippen molar-refractivity contribution in [2.45, 2.75) is 0 Å². The van der Waals surface area contributed by atoms with Crippen LogP contribution in [-0.2, 0) is 0 Å². The second-order valence-electron chi connectivity index (χ2n) is 3.62. The standard InChI is InChI=1S/C13H10O5/c14-9-6-10(18-13(17)7-9)3-1-8-2-4-11(15)12(16)5-8/h1-7,14-16H/b3-1-. The fourth-order valence-corrected chi connectivity index (χ4v) is 1.39. The Bertz CT molecular complexity index is 655. The lowest BCUT2D eigenvalue weighted by Crippen LogP contribution is -1.95. The van der Waals surface area contributed by atoms with E-state index >= 15 is 0 Å². The number of rotatable bonds is 2. The van der Waals surface area contributed by atoms with E-state index in [1.165, 1.54) is 24.3 Å². The molecule has 0 radical (unpaired) electrons. The van der Waals surface area contributed by atoms with Crippen molar-refractivity contribution in [2.75, 3.05) is 0 Å². The predicted octanol–water partition coefficient (Wildman–Crippen LogP) is 1.93. The third-order valence-corrected chi connectivity index (χ3v) is 2.21. The third kappa shape index (κ3) is 2.70. The summed E-state index contributed by atoms with van der Waals surface area (Å²) in [5.41, 5.74) is -0.0421. The van der Waals surface area contributed by atoms with E-state index < -0.39 is 5.63 Å². The lowest BCUT2D eigenvalue weighted by Gasteiger charge is -1.98. The molecule has 5 nitrogen and oxygen atoms in total. The van der Waals surface area contributed by atoms with Gasteiger partial charge in [-0.05, 0) is 23.8 Å².